The third-order valence-corrected chi connectivity index (χ3v) is 4.77. The SMILES string of the molecule is CCOc1ccc(C(=O)N2CCN(Cc3ccc(F)cc3)CC2)cc1OCC. The summed E-state index contributed by atoms with van der Waals surface area (Å²) in [7, 11) is 0. The molecular formula is C22H27FN2O3. The third kappa shape index (κ3) is 5.01. The first-order valence-electron chi connectivity index (χ1n) is 9.76. The molecule has 1 aliphatic heterocycles. The van der Waals surface area contributed by atoms with E-state index in [4.69, 9.17) is 9.47 Å². The van der Waals surface area contributed by atoms with Crippen molar-refractivity contribution in [2.75, 3.05) is 39.4 Å². The summed E-state index contributed by atoms with van der Waals surface area (Å²) in [5.74, 6) is 1.04. The van der Waals surface area contributed by atoms with Crippen molar-refractivity contribution in [2.24, 2.45) is 0 Å². The van der Waals surface area contributed by atoms with Crippen LogP contribution in [-0.4, -0.2) is 55.1 Å². The smallest absolute Gasteiger partial charge is 0.254 e. The maximum absolute atomic E-state index is 13.0. The number of hydrogen-bond donors (Lipinski definition) is 0. The van der Waals surface area contributed by atoms with Gasteiger partial charge in [-0.1, -0.05) is 12.1 Å². The number of carbonyl (C=O) groups is 1. The quantitative estimate of drug-likeness (QED) is 0.729. The Morgan fingerprint density at radius 3 is 2.21 bits per heavy atom. The van der Waals surface area contributed by atoms with Gasteiger partial charge >= 0.3 is 0 Å². The highest BCUT2D eigenvalue weighted by molar-refractivity contribution is 5.95. The first kappa shape index (κ1) is 20.1. The Kier molecular flexibility index (Phi) is 6.87. The van der Waals surface area contributed by atoms with Crippen LogP contribution in [0.15, 0.2) is 42.5 Å². The number of halogens is 1. The van der Waals surface area contributed by atoms with E-state index < -0.39 is 0 Å². The Morgan fingerprint density at radius 2 is 1.57 bits per heavy atom. The Bertz CT molecular complexity index is 787. The second-order valence-corrected chi connectivity index (χ2v) is 6.72. The van der Waals surface area contributed by atoms with E-state index in [0.29, 0.717) is 43.4 Å². The van der Waals surface area contributed by atoms with Crippen molar-refractivity contribution in [3.63, 3.8) is 0 Å². The third-order valence-electron chi connectivity index (χ3n) is 4.77. The van der Waals surface area contributed by atoms with Crippen LogP contribution in [0.5, 0.6) is 11.5 Å². The zero-order valence-corrected chi connectivity index (χ0v) is 16.5. The fourth-order valence-electron chi connectivity index (χ4n) is 3.32. The van der Waals surface area contributed by atoms with Crippen LogP contribution < -0.4 is 9.47 Å². The molecule has 2 aromatic rings. The second-order valence-electron chi connectivity index (χ2n) is 6.72. The molecule has 1 saturated heterocycles. The van der Waals surface area contributed by atoms with Crippen LogP contribution in [0.25, 0.3) is 0 Å². The Morgan fingerprint density at radius 1 is 0.929 bits per heavy atom. The number of rotatable bonds is 7. The summed E-state index contributed by atoms with van der Waals surface area (Å²) in [6.07, 6.45) is 0. The van der Waals surface area contributed by atoms with Gasteiger partial charge in [-0.2, -0.15) is 0 Å². The number of nitrogens with zero attached hydrogens (tertiary/aromatic N) is 2. The molecule has 0 saturated carbocycles. The lowest BCUT2D eigenvalue weighted by atomic mass is 10.1. The zero-order chi connectivity index (χ0) is 19.9. The lowest BCUT2D eigenvalue weighted by Gasteiger charge is -2.34. The first-order chi connectivity index (χ1) is 13.6. The molecule has 1 fully saturated rings. The van der Waals surface area contributed by atoms with Gasteiger partial charge in [0, 0.05) is 38.3 Å². The van der Waals surface area contributed by atoms with Crippen LogP contribution in [-0.2, 0) is 6.54 Å². The van der Waals surface area contributed by atoms with E-state index in [1.807, 2.05) is 30.9 Å². The monoisotopic (exact) mass is 386 g/mol. The summed E-state index contributed by atoms with van der Waals surface area (Å²) in [6.45, 7) is 8.55. The first-order valence-corrected chi connectivity index (χ1v) is 9.76. The molecule has 6 heteroatoms. The number of benzene rings is 2. The average molecular weight is 386 g/mol. The van der Waals surface area contributed by atoms with E-state index in [0.717, 1.165) is 25.2 Å². The molecule has 5 nitrogen and oxygen atoms in total. The molecule has 150 valence electrons. The minimum absolute atomic E-state index is 0.00503. The summed E-state index contributed by atoms with van der Waals surface area (Å²) < 4.78 is 24.2. The molecular weight excluding hydrogens is 359 g/mol. The van der Waals surface area contributed by atoms with E-state index in [1.165, 1.54) is 12.1 Å². The van der Waals surface area contributed by atoms with Gasteiger partial charge in [0.2, 0.25) is 0 Å². The normalized spacial score (nSPS) is 14.8. The minimum atomic E-state index is -0.221. The minimum Gasteiger partial charge on any atom is -0.490 e. The number of carbonyl (C=O) groups excluding carboxylic acids is 1. The molecule has 1 aliphatic rings. The molecule has 0 radical (unpaired) electrons. The summed E-state index contributed by atoms with van der Waals surface area (Å²) >= 11 is 0. The number of piperazine rings is 1. The lowest BCUT2D eigenvalue weighted by molar-refractivity contribution is 0.0628. The van der Waals surface area contributed by atoms with Crippen LogP contribution in [0.2, 0.25) is 0 Å². The summed E-state index contributed by atoms with van der Waals surface area (Å²) in [4.78, 5) is 17.0. The van der Waals surface area contributed by atoms with Gasteiger partial charge in [-0.15, -0.1) is 0 Å². The largest absolute Gasteiger partial charge is 0.490 e. The molecule has 28 heavy (non-hydrogen) atoms. The molecule has 1 heterocycles. The van der Waals surface area contributed by atoms with Gasteiger partial charge in [0.1, 0.15) is 5.82 Å². The highest BCUT2D eigenvalue weighted by Crippen LogP contribution is 2.29. The lowest BCUT2D eigenvalue weighted by Crippen LogP contribution is -2.48. The van der Waals surface area contributed by atoms with Gasteiger partial charge in [-0.25, -0.2) is 4.39 Å². The van der Waals surface area contributed by atoms with Gasteiger partial charge in [0.05, 0.1) is 13.2 Å². The van der Waals surface area contributed by atoms with Crippen molar-refractivity contribution in [3.05, 3.63) is 59.4 Å². The predicted molar refractivity (Wildman–Crippen MR) is 106 cm³/mol. The van der Waals surface area contributed by atoms with Gasteiger partial charge in [-0.3, -0.25) is 9.69 Å². The molecule has 0 unspecified atom stereocenters. The topological polar surface area (TPSA) is 42.0 Å². The maximum Gasteiger partial charge on any atom is 0.254 e. The van der Waals surface area contributed by atoms with E-state index >= 15 is 0 Å². The molecule has 0 spiro atoms. The average Bonchev–Trinajstić information content (AvgIpc) is 2.71. The predicted octanol–water partition coefficient (Wildman–Crippen LogP) is 3.58. The number of amides is 1. The van der Waals surface area contributed by atoms with E-state index in [1.54, 1.807) is 18.2 Å². The molecule has 0 aromatic heterocycles. The van der Waals surface area contributed by atoms with Crippen LogP contribution in [0, 0.1) is 5.82 Å². The molecule has 0 bridgehead atoms. The van der Waals surface area contributed by atoms with Crippen molar-refractivity contribution in [1.82, 2.24) is 9.80 Å². The fourth-order valence-corrected chi connectivity index (χ4v) is 3.32. The van der Waals surface area contributed by atoms with E-state index in [9.17, 15) is 9.18 Å². The fraction of sp³-hybridized carbons (Fsp3) is 0.409. The molecule has 0 N–H and O–H groups in total. The van der Waals surface area contributed by atoms with Gasteiger partial charge in [0.25, 0.3) is 5.91 Å². The summed E-state index contributed by atoms with van der Waals surface area (Å²) in [6, 6.07) is 11.9. The van der Waals surface area contributed by atoms with Gasteiger partial charge in [0.15, 0.2) is 11.5 Å². The summed E-state index contributed by atoms with van der Waals surface area (Å²) in [5, 5.41) is 0. The Balaban J connectivity index is 1.60. The van der Waals surface area contributed by atoms with Crippen LogP contribution in [0.4, 0.5) is 4.39 Å². The Labute approximate surface area is 165 Å². The van der Waals surface area contributed by atoms with Crippen LogP contribution in [0.3, 0.4) is 0 Å². The molecule has 0 atom stereocenters. The van der Waals surface area contributed by atoms with Crippen molar-refractivity contribution in [3.8, 4) is 11.5 Å². The van der Waals surface area contributed by atoms with Gasteiger partial charge in [-0.05, 0) is 49.7 Å². The Hall–Kier alpha value is -2.60. The van der Waals surface area contributed by atoms with E-state index in [-0.39, 0.29) is 11.7 Å². The van der Waals surface area contributed by atoms with Crippen molar-refractivity contribution in [1.29, 1.82) is 0 Å². The van der Waals surface area contributed by atoms with Crippen molar-refractivity contribution in [2.45, 2.75) is 20.4 Å². The van der Waals surface area contributed by atoms with Crippen molar-refractivity contribution >= 4 is 5.91 Å². The van der Waals surface area contributed by atoms with Gasteiger partial charge < -0.3 is 14.4 Å². The zero-order valence-electron chi connectivity index (χ0n) is 16.5. The second kappa shape index (κ2) is 9.55. The molecule has 2 aromatic carbocycles. The molecule has 0 aliphatic carbocycles. The summed E-state index contributed by atoms with van der Waals surface area (Å²) in [5.41, 5.74) is 1.69. The number of hydrogen-bond acceptors (Lipinski definition) is 4. The van der Waals surface area contributed by atoms with Crippen LogP contribution in [0.1, 0.15) is 29.8 Å². The molecule has 1 amide bonds. The highest BCUT2D eigenvalue weighted by atomic mass is 19.1. The highest BCUT2D eigenvalue weighted by Gasteiger charge is 2.23. The van der Waals surface area contributed by atoms with Crippen molar-refractivity contribution < 1.29 is 18.7 Å². The number of ether oxygens (including phenoxy) is 2. The standard InChI is InChI=1S/C22H27FN2O3/c1-3-27-20-10-7-18(15-21(20)28-4-2)22(26)25-13-11-24(12-14-25)16-17-5-8-19(23)9-6-17/h5-10,15H,3-4,11-14,16H2,1-2H3. The molecule has 3 rings (SSSR count). The van der Waals surface area contributed by atoms with Crippen LogP contribution >= 0.6 is 0 Å². The van der Waals surface area contributed by atoms with E-state index in [2.05, 4.69) is 4.90 Å². The maximum atomic E-state index is 13.0.